The Labute approximate surface area is 159 Å². The molecule has 0 bridgehead atoms. The summed E-state index contributed by atoms with van der Waals surface area (Å²) in [5.74, 6) is 0.957. The van der Waals surface area contributed by atoms with Gasteiger partial charge in [-0.3, -0.25) is 9.59 Å². The number of benzene rings is 2. The van der Waals surface area contributed by atoms with E-state index >= 15 is 0 Å². The number of carbonyl (C=O) groups excluding carboxylic acids is 2. The minimum absolute atomic E-state index is 0.0305. The lowest BCUT2D eigenvalue weighted by Crippen LogP contribution is -2.50. The van der Waals surface area contributed by atoms with Gasteiger partial charge in [-0.2, -0.15) is 0 Å². The third kappa shape index (κ3) is 3.42. The molecule has 0 unspecified atom stereocenters. The van der Waals surface area contributed by atoms with Gasteiger partial charge in [-0.25, -0.2) is 0 Å². The van der Waals surface area contributed by atoms with E-state index in [2.05, 4.69) is 0 Å². The topological polar surface area (TPSA) is 49.9 Å². The first-order chi connectivity index (χ1) is 13.0. The predicted molar refractivity (Wildman–Crippen MR) is 103 cm³/mol. The number of hydrogen-bond acceptors (Lipinski definition) is 3. The van der Waals surface area contributed by atoms with Gasteiger partial charge in [-0.1, -0.05) is 6.07 Å². The lowest BCUT2D eigenvalue weighted by Gasteiger charge is -2.35. The van der Waals surface area contributed by atoms with Crippen LogP contribution in [0.1, 0.15) is 37.4 Å². The Kier molecular flexibility index (Phi) is 4.60. The number of rotatable bonds is 2. The van der Waals surface area contributed by atoms with Crippen molar-refractivity contribution >= 4 is 11.8 Å². The molecule has 1 fully saturated rings. The van der Waals surface area contributed by atoms with E-state index in [0.717, 1.165) is 28.9 Å². The first-order valence-electron chi connectivity index (χ1n) is 9.44. The van der Waals surface area contributed by atoms with Crippen molar-refractivity contribution in [1.29, 1.82) is 0 Å². The summed E-state index contributed by atoms with van der Waals surface area (Å²) in [6, 6.07) is 11.5. The van der Waals surface area contributed by atoms with Crippen LogP contribution in [-0.4, -0.2) is 54.4 Å². The molecule has 5 heteroatoms. The maximum absolute atomic E-state index is 12.8. The average Bonchev–Trinajstić information content (AvgIpc) is 3.17. The fourth-order valence-electron chi connectivity index (χ4n) is 3.67. The summed E-state index contributed by atoms with van der Waals surface area (Å²) in [5, 5.41) is 0. The third-order valence-electron chi connectivity index (χ3n) is 5.54. The molecule has 2 heterocycles. The van der Waals surface area contributed by atoms with Crippen molar-refractivity contribution in [1.82, 2.24) is 9.80 Å². The second-order valence-corrected chi connectivity index (χ2v) is 7.30. The van der Waals surface area contributed by atoms with Gasteiger partial charge in [-0.05, 0) is 60.9 Å². The van der Waals surface area contributed by atoms with Gasteiger partial charge >= 0.3 is 0 Å². The summed E-state index contributed by atoms with van der Waals surface area (Å²) < 4.78 is 5.51. The molecule has 1 saturated heterocycles. The van der Waals surface area contributed by atoms with E-state index in [1.807, 2.05) is 60.0 Å². The van der Waals surface area contributed by atoms with Crippen LogP contribution in [-0.2, 0) is 6.42 Å². The minimum Gasteiger partial charge on any atom is -0.493 e. The Morgan fingerprint density at radius 2 is 1.41 bits per heavy atom. The van der Waals surface area contributed by atoms with Crippen molar-refractivity contribution in [2.24, 2.45) is 0 Å². The Hall–Kier alpha value is -2.82. The number of ether oxygens (including phenoxy) is 1. The summed E-state index contributed by atoms with van der Waals surface area (Å²) in [5.41, 5.74) is 4.83. The zero-order valence-corrected chi connectivity index (χ0v) is 15.8. The molecule has 2 aromatic carbocycles. The molecule has 2 amide bonds. The standard InChI is InChI=1S/C22H24N2O3/c1-15-3-4-18(13-16(15)2)21(25)23-8-10-24(11-9-23)22(26)19-5-6-20-17(14-19)7-12-27-20/h3-6,13-14H,7-12H2,1-2H3. The van der Waals surface area contributed by atoms with Crippen LogP contribution in [0.5, 0.6) is 5.75 Å². The smallest absolute Gasteiger partial charge is 0.253 e. The summed E-state index contributed by atoms with van der Waals surface area (Å²) in [7, 11) is 0. The van der Waals surface area contributed by atoms with Gasteiger partial charge in [0.15, 0.2) is 0 Å². The summed E-state index contributed by atoms with van der Waals surface area (Å²) >= 11 is 0. The number of aryl methyl sites for hydroxylation is 2. The number of fused-ring (bicyclic) bond motifs is 1. The predicted octanol–water partition coefficient (Wildman–Crippen LogP) is 2.84. The number of amides is 2. The van der Waals surface area contributed by atoms with Crippen molar-refractivity contribution in [3.05, 3.63) is 64.2 Å². The first kappa shape index (κ1) is 17.6. The zero-order chi connectivity index (χ0) is 19.0. The van der Waals surface area contributed by atoms with E-state index in [1.165, 1.54) is 5.56 Å². The van der Waals surface area contributed by atoms with Crippen molar-refractivity contribution < 1.29 is 14.3 Å². The molecule has 0 saturated carbocycles. The lowest BCUT2D eigenvalue weighted by molar-refractivity contribution is 0.0535. The van der Waals surface area contributed by atoms with E-state index in [0.29, 0.717) is 38.3 Å². The third-order valence-corrected chi connectivity index (χ3v) is 5.54. The van der Waals surface area contributed by atoms with E-state index in [1.54, 1.807) is 0 Å². The van der Waals surface area contributed by atoms with Crippen molar-refractivity contribution in [2.75, 3.05) is 32.8 Å². The summed E-state index contributed by atoms with van der Waals surface area (Å²) in [6.45, 7) is 6.98. The Balaban J connectivity index is 1.40. The fourth-order valence-corrected chi connectivity index (χ4v) is 3.67. The van der Waals surface area contributed by atoms with Gasteiger partial charge in [0.25, 0.3) is 11.8 Å². The number of hydrogen-bond donors (Lipinski definition) is 0. The minimum atomic E-state index is 0.0305. The van der Waals surface area contributed by atoms with Gasteiger partial charge in [0, 0.05) is 43.7 Å². The highest BCUT2D eigenvalue weighted by Gasteiger charge is 2.26. The van der Waals surface area contributed by atoms with Crippen molar-refractivity contribution in [3.8, 4) is 5.75 Å². The van der Waals surface area contributed by atoms with Gasteiger partial charge in [-0.15, -0.1) is 0 Å². The van der Waals surface area contributed by atoms with Crippen molar-refractivity contribution in [3.63, 3.8) is 0 Å². The van der Waals surface area contributed by atoms with Crippen LogP contribution in [0, 0.1) is 13.8 Å². The molecule has 2 aliphatic rings. The zero-order valence-electron chi connectivity index (χ0n) is 15.8. The van der Waals surface area contributed by atoms with E-state index in [4.69, 9.17) is 4.74 Å². The molecular weight excluding hydrogens is 340 g/mol. The normalized spacial score (nSPS) is 16.1. The van der Waals surface area contributed by atoms with Gasteiger partial charge in [0.2, 0.25) is 0 Å². The van der Waals surface area contributed by atoms with E-state index in [9.17, 15) is 9.59 Å². The van der Waals surface area contributed by atoms with Crippen LogP contribution < -0.4 is 4.74 Å². The Bertz CT molecular complexity index is 898. The van der Waals surface area contributed by atoms with Gasteiger partial charge in [0.05, 0.1) is 6.61 Å². The van der Waals surface area contributed by atoms with E-state index in [-0.39, 0.29) is 11.8 Å². The number of carbonyl (C=O) groups is 2. The van der Waals surface area contributed by atoms with Crippen LogP contribution in [0.4, 0.5) is 0 Å². The molecule has 140 valence electrons. The second kappa shape index (κ2) is 7.06. The molecule has 2 aliphatic heterocycles. The van der Waals surface area contributed by atoms with Crippen LogP contribution in [0.15, 0.2) is 36.4 Å². The van der Waals surface area contributed by atoms with Crippen LogP contribution in [0.25, 0.3) is 0 Å². The summed E-state index contributed by atoms with van der Waals surface area (Å²) in [4.78, 5) is 29.2. The van der Waals surface area contributed by atoms with Gasteiger partial charge in [0.1, 0.15) is 5.75 Å². The monoisotopic (exact) mass is 364 g/mol. The SMILES string of the molecule is Cc1ccc(C(=O)N2CCN(C(=O)c3ccc4c(c3)CCO4)CC2)cc1C. The van der Waals surface area contributed by atoms with Crippen LogP contribution in [0.3, 0.4) is 0 Å². The van der Waals surface area contributed by atoms with E-state index < -0.39 is 0 Å². The molecule has 0 atom stereocenters. The van der Waals surface area contributed by atoms with Crippen molar-refractivity contribution in [2.45, 2.75) is 20.3 Å². The number of piperazine rings is 1. The molecule has 0 aliphatic carbocycles. The summed E-state index contributed by atoms with van der Waals surface area (Å²) in [6.07, 6.45) is 0.856. The first-order valence-corrected chi connectivity index (χ1v) is 9.44. The van der Waals surface area contributed by atoms with Crippen LogP contribution in [0.2, 0.25) is 0 Å². The Morgan fingerprint density at radius 1 is 0.815 bits per heavy atom. The molecule has 5 nitrogen and oxygen atoms in total. The maximum atomic E-state index is 12.8. The molecule has 0 spiro atoms. The molecule has 0 radical (unpaired) electrons. The second-order valence-electron chi connectivity index (χ2n) is 7.30. The highest BCUT2D eigenvalue weighted by atomic mass is 16.5. The fraction of sp³-hybridized carbons (Fsp3) is 0.364. The molecule has 0 N–H and O–H groups in total. The highest BCUT2D eigenvalue weighted by Crippen LogP contribution is 2.26. The molecule has 4 rings (SSSR count). The Morgan fingerprint density at radius 3 is 2.04 bits per heavy atom. The highest BCUT2D eigenvalue weighted by molar-refractivity contribution is 5.96. The largest absolute Gasteiger partial charge is 0.493 e. The average molecular weight is 364 g/mol. The molecule has 0 aromatic heterocycles. The quantitative estimate of drug-likeness (QED) is 0.823. The molecule has 27 heavy (non-hydrogen) atoms. The van der Waals surface area contributed by atoms with Crippen LogP contribution >= 0.6 is 0 Å². The lowest BCUT2D eigenvalue weighted by atomic mass is 10.0. The number of nitrogens with zero attached hydrogens (tertiary/aromatic N) is 2. The van der Waals surface area contributed by atoms with Gasteiger partial charge < -0.3 is 14.5 Å². The molecular formula is C22H24N2O3. The molecule has 2 aromatic rings. The maximum Gasteiger partial charge on any atom is 0.253 e.